The highest BCUT2D eigenvalue weighted by molar-refractivity contribution is 5.94. The average Bonchev–Trinajstić information content (AvgIpc) is 3.57. The number of hydrogen-bond donors (Lipinski definition) is 3. The predicted molar refractivity (Wildman–Crippen MR) is 143 cm³/mol. The summed E-state index contributed by atoms with van der Waals surface area (Å²) in [5.41, 5.74) is 16.2. The van der Waals surface area contributed by atoms with Crippen molar-refractivity contribution in [3.8, 4) is 16.9 Å². The molecule has 4 aromatic heterocycles. The van der Waals surface area contributed by atoms with Crippen LogP contribution in [0.2, 0.25) is 0 Å². The van der Waals surface area contributed by atoms with Gasteiger partial charge in [0, 0.05) is 73.5 Å². The van der Waals surface area contributed by atoms with Crippen molar-refractivity contribution in [1.82, 2.24) is 39.9 Å². The van der Waals surface area contributed by atoms with Crippen LogP contribution in [-0.2, 0) is 0 Å². The van der Waals surface area contributed by atoms with Crippen molar-refractivity contribution in [1.29, 1.82) is 0 Å². The molecule has 2 aliphatic rings. The molecular weight excluding hydrogens is 482 g/mol. The minimum Gasteiger partial charge on any atom is -0.505 e. The Morgan fingerprint density at radius 2 is 1.97 bits per heavy atom. The lowest BCUT2D eigenvalue weighted by atomic mass is 9.90. The Hall–Kier alpha value is -4.51. The van der Waals surface area contributed by atoms with E-state index in [0.717, 1.165) is 53.0 Å². The van der Waals surface area contributed by atoms with Crippen molar-refractivity contribution >= 4 is 22.9 Å². The van der Waals surface area contributed by atoms with Crippen LogP contribution >= 0.6 is 0 Å². The van der Waals surface area contributed by atoms with Crippen molar-refractivity contribution in [2.45, 2.75) is 25.7 Å². The van der Waals surface area contributed by atoms with E-state index in [1.165, 1.54) is 12.3 Å². The van der Waals surface area contributed by atoms with Crippen LogP contribution in [0.15, 0.2) is 49.1 Å². The molecule has 1 amide bonds. The first-order chi connectivity index (χ1) is 18.4. The third-order valence-electron chi connectivity index (χ3n) is 7.40. The van der Waals surface area contributed by atoms with Crippen molar-refractivity contribution < 1.29 is 9.90 Å². The van der Waals surface area contributed by atoms with Crippen molar-refractivity contribution in [3.63, 3.8) is 0 Å². The smallest absolute Gasteiger partial charge is 0.276 e. The van der Waals surface area contributed by atoms with Crippen molar-refractivity contribution in [2.75, 3.05) is 32.4 Å². The largest absolute Gasteiger partial charge is 0.505 e. The van der Waals surface area contributed by atoms with Crippen LogP contribution in [0.5, 0.6) is 5.75 Å². The molecule has 1 fully saturated rings. The summed E-state index contributed by atoms with van der Waals surface area (Å²) in [5.74, 6) is 0.342. The number of pyridine rings is 2. The SMILES string of the molecule is Cc1c(C2CCN(C(=O)c3ncccc3O)CC2)nc2c(-c3ccc(C4=CN(C)NC4)nc3)cnn2c1N. The number of hydrogen-bond acceptors (Lipinski definition) is 9. The molecule has 0 saturated carbocycles. The summed E-state index contributed by atoms with van der Waals surface area (Å²) >= 11 is 0. The summed E-state index contributed by atoms with van der Waals surface area (Å²) in [4.78, 5) is 28.4. The minimum atomic E-state index is -0.258. The molecule has 11 heteroatoms. The number of nitrogen functional groups attached to an aromatic ring is 1. The van der Waals surface area contributed by atoms with Gasteiger partial charge < -0.3 is 20.7 Å². The number of aromatic hydroxyl groups is 1. The van der Waals surface area contributed by atoms with E-state index in [2.05, 4.69) is 20.5 Å². The van der Waals surface area contributed by atoms with Crippen LogP contribution < -0.4 is 11.2 Å². The first-order valence-electron chi connectivity index (χ1n) is 12.6. The number of hydrazine groups is 1. The van der Waals surface area contributed by atoms with Gasteiger partial charge in [0.2, 0.25) is 0 Å². The number of nitrogens with one attached hydrogen (secondary N) is 1. The molecular formula is C27H29N9O2. The number of piperidine rings is 1. The second kappa shape index (κ2) is 9.42. The molecule has 0 aliphatic carbocycles. The molecule has 11 nitrogen and oxygen atoms in total. The van der Waals surface area contributed by atoms with Crippen LogP contribution in [0, 0.1) is 6.92 Å². The maximum atomic E-state index is 12.9. The lowest BCUT2D eigenvalue weighted by molar-refractivity contribution is 0.0702. The third-order valence-corrected chi connectivity index (χ3v) is 7.40. The first-order valence-corrected chi connectivity index (χ1v) is 12.6. The zero-order chi connectivity index (χ0) is 26.4. The zero-order valence-electron chi connectivity index (χ0n) is 21.3. The Morgan fingerprint density at radius 1 is 1.16 bits per heavy atom. The van der Waals surface area contributed by atoms with Gasteiger partial charge in [-0.3, -0.25) is 9.78 Å². The number of carbonyl (C=O) groups excluding carboxylic acids is 1. The molecule has 0 radical (unpaired) electrons. The molecule has 38 heavy (non-hydrogen) atoms. The molecule has 0 atom stereocenters. The van der Waals surface area contributed by atoms with Gasteiger partial charge in [0.05, 0.1) is 17.6 Å². The van der Waals surface area contributed by atoms with E-state index in [4.69, 9.17) is 10.7 Å². The third kappa shape index (κ3) is 4.10. The van der Waals surface area contributed by atoms with E-state index in [-0.39, 0.29) is 23.3 Å². The van der Waals surface area contributed by atoms with E-state index in [0.29, 0.717) is 24.6 Å². The zero-order valence-corrected chi connectivity index (χ0v) is 21.3. The van der Waals surface area contributed by atoms with Crippen LogP contribution in [0.3, 0.4) is 0 Å². The van der Waals surface area contributed by atoms with Crippen molar-refractivity contribution in [2.24, 2.45) is 0 Å². The van der Waals surface area contributed by atoms with Crippen molar-refractivity contribution in [3.05, 3.63) is 71.7 Å². The summed E-state index contributed by atoms with van der Waals surface area (Å²) in [6.07, 6.45) is 8.65. The second-order valence-corrected chi connectivity index (χ2v) is 9.77. The highest BCUT2D eigenvalue weighted by atomic mass is 16.3. The molecule has 0 unspecified atom stereocenters. The number of nitrogens with zero attached hydrogens (tertiary/aromatic N) is 7. The molecule has 6 heterocycles. The topological polar surface area (TPSA) is 138 Å². The molecule has 4 N–H and O–H groups in total. The molecule has 0 bridgehead atoms. The number of aromatic nitrogens is 5. The Balaban J connectivity index is 1.26. The molecule has 194 valence electrons. The highest BCUT2D eigenvalue weighted by Gasteiger charge is 2.29. The molecule has 0 aromatic carbocycles. The first kappa shape index (κ1) is 23.9. The maximum Gasteiger partial charge on any atom is 0.276 e. The maximum absolute atomic E-state index is 12.9. The summed E-state index contributed by atoms with van der Waals surface area (Å²) < 4.78 is 1.68. The Bertz CT molecular complexity index is 1550. The minimum absolute atomic E-state index is 0.0851. The lowest BCUT2D eigenvalue weighted by Gasteiger charge is -2.32. The number of anilines is 1. The number of fused-ring (bicyclic) bond motifs is 1. The summed E-state index contributed by atoms with van der Waals surface area (Å²) in [7, 11) is 1.96. The highest BCUT2D eigenvalue weighted by Crippen LogP contribution is 2.34. The van der Waals surface area contributed by atoms with Crippen LogP contribution in [0.25, 0.3) is 22.3 Å². The normalized spacial score (nSPS) is 16.3. The van der Waals surface area contributed by atoms with E-state index in [1.54, 1.807) is 21.7 Å². The van der Waals surface area contributed by atoms with Gasteiger partial charge in [-0.2, -0.15) is 9.61 Å². The van der Waals surface area contributed by atoms with Gasteiger partial charge in [0.1, 0.15) is 11.6 Å². The fourth-order valence-corrected chi connectivity index (χ4v) is 5.22. The van der Waals surface area contributed by atoms with Gasteiger partial charge in [0.25, 0.3) is 5.91 Å². The number of rotatable bonds is 4. The fraction of sp³-hybridized carbons (Fsp3) is 0.296. The average molecular weight is 512 g/mol. The Morgan fingerprint density at radius 3 is 2.66 bits per heavy atom. The Labute approximate surface area is 219 Å². The number of carbonyl (C=O) groups is 1. The molecule has 0 spiro atoms. The lowest BCUT2D eigenvalue weighted by Crippen LogP contribution is -2.38. The number of nitrogens with two attached hydrogens (primary N) is 1. The molecule has 2 aliphatic heterocycles. The van der Waals surface area contributed by atoms with E-state index in [9.17, 15) is 9.90 Å². The fourth-order valence-electron chi connectivity index (χ4n) is 5.22. The molecule has 6 rings (SSSR count). The van der Waals surface area contributed by atoms with Gasteiger partial charge in [0.15, 0.2) is 11.3 Å². The number of likely N-dealkylation sites (tertiary alicyclic amines) is 1. The van der Waals surface area contributed by atoms with E-state index >= 15 is 0 Å². The van der Waals surface area contributed by atoms with Crippen LogP contribution in [0.1, 0.15) is 46.2 Å². The van der Waals surface area contributed by atoms with E-state index in [1.807, 2.05) is 43.5 Å². The molecule has 1 saturated heterocycles. The predicted octanol–water partition coefficient (Wildman–Crippen LogP) is 2.59. The monoisotopic (exact) mass is 511 g/mol. The Kier molecular flexibility index (Phi) is 5.91. The van der Waals surface area contributed by atoms with Crippen LogP contribution in [0.4, 0.5) is 5.82 Å². The second-order valence-electron chi connectivity index (χ2n) is 9.77. The van der Waals surface area contributed by atoms with Gasteiger partial charge in [-0.25, -0.2) is 15.4 Å². The van der Waals surface area contributed by atoms with Gasteiger partial charge in [-0.15, -0.1) is 0 Å². The van der Waals surface area contributed by atoms with Gasteiger partial charge in [-0.1, -0.05) is 6.07 Å². The summed E-state index contributed by atoms with van der Waals surface area (Å²) in [6.45, 7) is 3.80. The van der Waals surface area contributed by atoms with Crippen LogP contribution in [-0.4, -0.2) is 72.2 Å². The van der Waals surface area contributed by atoms with Gasteiger partial charge in [-0.05, 0) is 38.0 Å². The molecule has 4 aromatic rings. The summed E-state index contributed by atoms with van der Waals surface area (Å²) in [5, 5.41) is 16.5. The standard InChI is InChI=1S/C27H29N9O2/c1-16-23(17-7-10-35(11-8-17)27(38)24-22(37)4-3-9-29-24)33-26-20(14-32-36(26)25(16)28)18-5-6-21(30-12-18)19-13-31-34(2)15-19/h3-6,9,12,14-15,17,31,37H,7-8,10-11,13,28H2,1-2H3. The van der Waals surface area contributed by atoms with Gasteiger partial charge >= 0.3 is 0 Å². The van der Waals surface area contributed by atoms with E-state index < -0.39 is 0 Å². The summed E-state index contributed by atoms with van der Waals surface area (Å²) in [6, 6.07) is 7.13. The quantitative estimate of drug-likeness (QED) is 0.377. The number of amides is 1.